The average molecular weight is 445 g/mol. The number of hydrogen-bond donors (Lipinski definition) is 1. The minimum atomic E-state index is -0.127. The van der Waals surface area contributed by atoms with Crippen molar-refractivity contribution in [2.24, 2.45) is 0 Å². The van der Waals surface area contributed by atoms with Gasteiger partial charge in [0.1, 0.15) is 5.37 Å². The molecule has 0 saturated carbocycles. The van der Waals surface area contributed by atoms with E-state index in [4.69, 9.17) is 0 Å². The third-order valence-electron chi connectivity index (χ3n) is 5.76. The van der Waals surface area contributed by atoms with Gasteiger partial charge in [-0.2, -0.15) is 0 Å². The Hall–Kier alpha value is -3.05. The van der Waals surface area contributed by atoms with Crippen LogP contribution in [-0.2, 0) is 11.2 Å². The highest BCUT2D eigenvalue weighted by atomic mass is 32.2. The molecule has 0 radical (unpaired) electrons. The van der Waals surface area contributed by atoms with E-state index in [0.29, 0.717) is 17.2 Å². The van der Waals surface area contributed by atoms with E-state index in [1.54, 1.807) is 11.8 Å². The summed E-state index contributed by atoms with van der Waals surface area (Å²) in [6.07, 6.45) is 0.948. The molecule has 1 saturated heterocycles. The summed E-state index contributed by atoms with van der Waals surface area (Å²) in [4.78, 5) is 27.3. The van der Waals surface area contributed by atoms with Crippen LogP contribution in [0.25, 0.3) is 0 Å². The van der Waals surface area contributed by atoms with E-state index in [0.717, 1.165) is 23.4 Å². The van der Waals surface area contributed by atoms with Crippen LogP contribution in [0.5, 0.6) is 0 Å². The molecule has 4 rings (SSSR count). The molecule has 1 aliphatic heterocycles. The number of benzene rings is 3. The molecule has 32 heavy (non-hydrogen) atoms. The number of carbonyl (C=O) groups is 2. The van der Waals surface area contributed by atoms with Gasteiger partial charge < -0.3 is 5.32 Å². The van der Waals surface area contributed by atoms with Crippen molar-refractivity contribution in [1.82, 2.24) is 0 Å². The number of hydrogen-bond acceptors (Lipinski definition) is 3. The van der Waals surface area contributed by atoms with E-state index < -0.39 is 0 Å². The topological polar surface area (TPSA) is 49.4 Å². The van der Waals surface area contributed by atoms with Gasteiger partial charge in [-0.1, -0.05) is 63.2 Å². The SMILES string of the molecule is CCc1ccc(C(=O)Nc2ccc([C@H]3SCC(=O)N3c3ccccc3C(C)C)cc2)cc1. The van der Waals surface area contributed by atoms with Crippen LogP contribution in [0.2, 0.25) is 0 Å². The second-order valence-electron chi connectivity index (χ2n) is 8.27. The Morgan fingerprint density at radius 3 is 2.38 bits per heavy atom. The Morgan fingerprint density at radius 2 is 1.72 bits per heavy atom. The van der Waals surface area contributed by atoms with Crippen molar-refractivity contribution in [3.8, 4) is 0 Å². The number of para-hydroxylation sites is 1. The normalized spacial score (nSPS) is 15.9. The number of thioether (sulfide) groups is 1. The van der Waals surface area contributed by atoms with Crippen LogP contribution < -0.4 is 10.2 Å². The summed E-state index contributed by atoms with van der Waals surface area (Å²) < 4.78 is 0. The molecule has 3 aromatic carbocycles. The Morgan fingerprint density at radius 1 is 1.03 bits per heavy atom. The van der Waals surface area contributed by atoms with Crippen molar-refractivity contribution in [3.05, 3.63) is 95.1 Å². The van der Waals surface area contributed by atoms with Gasteiger partial charge in [-0.05, 0) is 59.4 Å². The number of rotatable bonds is 6. The number of aryl methyl sites for hydroxylation is 1. The molecule has 3 aromatic rings. The van der Waals surface area contributed by atoms with Crippen LogP contribution in [0.15, 0.2) is 72.8 Å². The maximum absolute atomic E-state index is 12.8. The van der Waals surface area contributed by atoms with Gasteiger partial charge in [0.15, 0.2) is 0 Å². The molecule has 1 atom stereocenters. The third kappa shape index (κ3) is 4.58. The number of amides is 2. The Bertz CT molecular complexity index is 1110. The summed E-state index contributed by atoms with van der Waals surface area (Å²) in [7, 11) is 0. The summed E-state index contributed by atoms with van der Waals surface area (Å²) in [5.41, 5.74) is 5.78. The number of anilines is 2. The fraction of sp³-hybridized carbons (Fsp3) is 0.259. The van der Waals surface area contributed by atoms with Gasteiger partial charge in [-0.15, -0.1) is 11.8 Å². The first-order valence-corrected chi connectivity index (χ1v) is 12.1. The monoisotopic (exact) mass is 444 g/mol. The molecule has 1 N–H and O–H groups in total. The minimum Gasteiger partial charge on any atom is -0.322 e. The smallest absolute Gasteiger partial charge is 0.255 e. The Balaban J connectivity index is 1.53. The van der Waals surface area contributed by atoms with Crippen LogP contribution in [0.4, 0.5) is 11.4 Å². The van der Waals surface area contributed by atoms with Gasteiger partial charge in [-0.3, -0.25) is 14.5 Å². The molecular formula is C27H28N2O2S. The highest BCUT2D eigenvalue weighted by Gasteiger charge is 2.35. The molecule has 164 valence electrons. The lowest BCUT2D eigenvalue weighted by molar-refractivity contribution is -0.115. The number of nitrogens with zero attached hydrogens (tertiary/aromatic N) is 1. The lowest BCUT2D eigenvalue weighted by Gasteiger charge is -2.27. The average Bonchev–Trinajstić information content (AvgIpc) is 3.20. The fourth-order valence-electron chi connectivity index (χ4n) is 3.95. The van der Waals surface area contributed by atoms with Crippen molar-refractivity contribution in [2.45, 2.75) is 38.5 Å². The molecule has 0 bridgehead atoms. The number of nitrogens with one attached hydrogen (secondary N) is 1. The largest absolute Gasteiger partial charge is 0.322 e. The molecule has 1 aliphatic rings. The summed E-state index contributed by atoms with van der Waals surface area (Å²) in [5.74, 6) is 0.789. The van der Waals surface area contributed by atoms with Gasteiger partial charge in [0.2, 0.25) is 5.91 Å². The third-order valence-corrected chi connectivity index (χ3v) is 6.98. The zero-order valence-electron chi connectivity index (χ0n) is 18.7. The van der Waals surface area contributed by atoms with Crippen molar-refractivity contribution in [3.63, 3.8) is 0 Å². The standard InChI is InChI=1S/C27H28N2O2S/c1-4-19-9-11-20(12-10-19)26(31)28-22-15-13-21(14-16-22)27-29(25(30)17-32-27)24-8-6-5-7-23(24)18(2)3/h5-16,18,27H,4,17H2,1-3H3,(H,28,31)/t27-/m1/s1. The second-order valence-corrected chi connectivity index (χ2v) is 9.34. The first-order chi connectivity index (χ1) is 15.5. The first kappa shape index (κ1) is 22.2. The summed E-state index contributed by atoms with van der Waals surface area (Å²) in [5, 5.41) is 2.89. The molecule has 5 heteroatoms. The van der Waals surface area contributed by atoms with Crippen molar-refractivity contribution in [1.29, 1.82) is 0 Å². The lowest BCUT2D eigenvalue weighted by atomic mass is 10.00. The van der Waals surface area contributed by atoms with Gasteiger partial charge >= 0.3 is 0 Å². The van der Waals surface area contributed by atoms with Crippen LogP contribution in [0.1, 0.15) is 59.1 Å². The molecule has 1 fully saturated rings. The molecule has 0 aliphatic carbocycles. The second kappa shape index (κ2) is 9.61. The van der Waals surface area contributed by atoms with E-state index in [1.165, 1.54) is 11.1 Å². The molecule has 0 spiro atoms. The summed E-state index contributed by atoms with van der Waals surface area (Å²) >= 11 is 1.64. The summed E-state index contributed by atoms with van der Waals surface area (Å²) in [6.45, 7) is 6.39. The van der Waals surface area contributed by atoms with Crippen LogP contribution in [-0.4, -0.2) is 17.6 Å². The lowest BCUT2D eigenvalue weighted by Crippen LogP contribution is -2.29. The van der Waals surface area contributed by atoms with Crippen molar-refractivity contribution >= 4 is 35.0 Å². The number of carbonyl (C=O) groups excluding carboxylic acids is 2. The Labute approximate surface area is 194 Å². The quantitative estimate of drug-likeness (QED) is 0.478. The minimum absolute atomic E-state index is 0.0752. The maximum Gasteiger partial charge on any atom is 0.255 e. The summed E-state index contributed by atoms with van der Waals surface area (Å²) in [6, 6.07) is 23.6. The molecule has 4 nitrogen and oxygen atoms in total. The Kier molecular flexibility index (Phi) is 6.66. The van der Waals surface area contributed by atoms with Crippen LogP contribution in [0.3, 0.4) is 0 Å². The van der Waals surface area contributed by atoms with Crippen molar-refractivity contribution < 1.29 is 9.59 Å². The first-order valence-electron chi connectivity index (χ1n) is 11.0. The van der Waals surface area contributed by atoms with Gasteiger partial charge in [0, 0.05) is 16.9 Å². The highest BCUT2D eigenvalue weighted by molar-refractivity contribution is 8.00. The van der Waals surface area contributed by atoms with E-state index in [-0.39, 0.29) is 17.2 Å². The van der Waals surface area contributed by atoms with E-state index in [9.17, 15) is 9.59 Å². The highest BCUT2D eigenvalue weighted by Crippen LogP contribution is 2.44. The van der Waals surface area contributed by atoms with Gasteiger partial charge in [0.05, 0.1) is 5.75 Å². The zero-order valence-corrected chi connectivity index (χ0v) is 19.5. The fourth-order valence-corrected chi connectivity index (χ4v) is 5.12. The zero-order chi connectivity index (χ0) is 22.7. The molecule has 0 aromatic heterocycles. The van der Waals surface area contributed by atoms with E-state index in [1.807, 2.05) is 71.6 Å². The molecule has 1 heterocycles. The predicted molar refractivity (Wildman–Crippen MR) is 133 cm³/mol. The van der Waals surface area contributed by atoms with E-state index in [2.05, 4.69) is 32.2 Å². The maximum atomic E-state index is 12.8. The molecule has 2 amide bonds. The van der Waals surface area contributed by atoms with Crippen molar-refractivity contribution in [2.75, 3.05) is 16.0 Å². The molecule has 0 unspecified atom stereocenters. The van der Waals surface area contributed by atoms with Gasteiger partial charge in [0.25, 0.3) is 5.91 Å². The van der Waals surface area contributed by atoms with E-state index >= 15 is 0 Å². The molecular weight excluding hydrogens is 416 g/mol. The van der Waals surface area contributed by atoms with Gasteiger partial charge in [-0.25, -0.2) is 0 Å². The van der Waals surface area contributed by atoms with Crippen LogP contribution in [0, 0.1) is 0 Å². The predicted octanol–water partition coefficient (Wildman–Crippen LogP) is 6.40. The van der Waals surface area contributed by atoms with Crippen LogP contribution >= 0.6 is 11.8 Å².